The Morgan fingerprint density at radius 3 is 2.94 bits per heavy atom. The first-order chi connectivity index (χ1) is 8.33. The van der Waals surface area contributed by atoms with Crippen molar-refractivity contribution in [3.8, 4) is 0 Å². The molecule has 1 unspecified atom stereocenters. The topological polar surface area (TPSA) is 33.7 Å². The van der Waals surface area contributed by atoms with Gasteiger partial charge in [-0.3, -0.25) is 0 Å². The molecule has 1 rings (SSSR count). The van der Waals surface area contributed by atoms with E-state index in [0.717, 1.165) is 39.4 Å². The lowest BCUT2D eigenvalue weighted by atomic mass is 10.1. The van der Waals surface area contributed by atoms with Gasteiger partial charge in [0.15, 0.2) is 0 Å². The van der Waals surface area contributed by atoms with Crippen molar-refractivity contribution in [3.05, 3.63) is 0 Å². The number of nitrogens with zero attached hydrogens (tertiary/aromatic N) is 1. The lowest BCUT2D eigenvalue weighted by Gasteiger charge is -2.16. The van der Waals surface area contributed by atoms with Gasteiger partial charge in [0, 0.05) is 33.4 Å². The van der Waals surface area contributed by atoms with Crippen molar-refractivity contribution in [2.45, 2.75) is 31.8 Å². The molecule has 0 aromatic heterocycles. The van der Waals surface area contributed by atoms with Gasteiger partial charge in [-0.2, -0.15) is 0 Å². The molecule has 1 atom stereocenters. The van der Waals surface area contributed by atoms with Gasteiger partial charge in [0.05, 0.1) is 12.7 Å². The zero-order chi connectivity index (χ0) is 12.3. The van der Waals surface area contributed by atoms with Gasteiger partial charge in [0.1, 0.15) is 0 Å². The highest BCUT2D eigenvalue weighted by atomic mass is 16.5. The van der Waals surface area contributed by atoms with Crippen LogP contribution in [0.1, 0.15) is 25.7 Å². The summed E-state index contributed by atoms with van der Waals surface area (Å²) in [5, 5.41) is 3.48. The lowest BCUT2D eigenvalue weighted by Crippen LogP contribution is -2.32. The summed E-state index contributed by atoms with van der Waals surface area (Å²) >= 11 is 0. The van der Waals surface area contributed by atoms with Crippen LogP contribution in [-0.4, -0.2) is 64.6 Å². The molecule has 1 saturated heterocycles. The normalized spacial score (nSPS) is 20.3. The van der Waals surface area contributed by atoms with Crippen molar-refractivity contribution in [2.75, 3.05) is 53.6 Å². The summed E-state index contributed by atoms with van der Waals surface area (Å²) in [6.07, 6.45) is 5.50. The average molecular weight is 244 g/mol. The van der Waals surface area contributed by atoms with Gasteiger partial charge in [-0.25, -0.2) is 0 Å². The van der Waals surface area contributed by atoms with Crippen LogP contribution >= 0.6 is 0 Å². The van der Waals surface area contributed by atoms with E-state index >= 15 is 0 Å². The third kappa shape index (κ3) is 7.71. The molecular weight excluding hydrogens is 216 g/mol. The maximum atomic E-state index is 5.59. The molecule has 0 aromatic carbocycles. The molecule has 0 saturated carbocycles. The van der Waals surface area contributed by atoms with Gasteiger partial charge in [-0.05, 0) is 39.3 Å². The Morgan fingerprint density at radius 1 is 1.35 bits per heavy atom. The summed E-state index contributed by atoms with van der Waals surface area (Å²) in [5.74, 6) is 0. The predicted molar refractivity (Wildman–Crippen MR) is 70.5 cm³/mol. The van der Waals surface area contributed by atoms with Crippen LogP contribution in [0, 0.1) is 0 Å². The highest BCUT2D eigenvalue weighted by Crippen LogP contribution is 2.16. The van der Waals surface area contributed by atoms with Gasteiger partial charge in [-0.1, -0.05) is 0 Å². The van der Waals surface area contributed by atoms with Crippen molar-refractivity contribution in [1.29, 1.82) is 0 Å². The van der Waals surface area contributed by atoms with E-state index in [9.17, 15) is 0 Å². The second-order valence-electron chi connectivity index (χ2n) is 4.82. The Kier molecular flexibility index (Phi) is 8.61. The van der Waals surface area contributed by atoms with E-state index in [-0.39, 0.29) is 0 Å². The molecule has 1 aliphatic rings. The van der Waals surface area contributed by atoms with Gasteiger partial charge >= 0.3 is 0 Å². The number of hydrogen-bond donors (Lipinski definition) is 1. The monoisotopic (exact) mass is 244 g/mol. The van der Waals surface area contributed by atoms with Crippen molar-refractivity contribution in [2.24, 2.45) is 0 Å². The zero-order valence-corrected chi connectivity index (χ0v) is 11.4. The van der Waals surface area contributed by atoms with E-state index in [0.29, 0.717) is 6.10 Å². The summed E-state index contributed by atoms with van der Waals surface area (Å²) in [6.45, 7) is 6.05. The molecule has 0 aromatic rings. The quantitative estimate of drug-likeness (QED) is 0.584. The molecule has 0 bridgehead atoms. The maximum Gasteiger partial charge on any atom is 0.0589 e. The predicted octanol–water partition coefficient (Wildman–Crippen LogP) is 1.11. The zero-order valence-electron chi connectivity index (χ0n) is 11.4. The van der Waals surface area contributed by atoms with Crippen molar-refractivity contribution in [3.63, 3.8) is 0 Å². The number of likely N-dealkylation sites (N-methyl/N-ethyl adjacent to an activating group) is 1. The number of methoxy groups -OCH3 is 1. The number of ether oxygens (including phenoxy) is 2. The fourth-order valence-electron chi connectivity index (χ4n) is 2.08. The van der Waals surface area contributed by atoms with Crippen LogP contribution in [0.2, 0.25) is 0 Å². The van der Waals surface area contributed by atoms with E-state index in [1.54, 1.807) is 7.11 Å². The van der Waals surface area contributed by atoms with E-state index in [1.165, 1.54) is 25.7 Å². The smallest absolute Gasteiger partial charge is 0.0589 e. The lowest BCUT2D eigenvalue weighted by molar-refractivity contribution is 0.102. The van der Waals surface area contributed by atoms with Gasteiger partial charge < -0.3 is 19.7 Å². The molecule has 4 nitrogen and oxygen atoms in total. The molecule has 1 heterocycles. The molecule has 1 N–H and O–H groups in total. The summed E-state index contributed by atoms with van der Waals surface area (Å²) in [4.78, 5) is 2.29. The second kappa shape index (κ2) is 9.83. The van der Waals surface area contributed by atoms with Crippen LogP contribution in [0.25, 0.3) is 0 Å². The Labute approximate surface area is 106 Å². The molecule has 1 fully saturated rings. The van der Waals surface area contributed by atoms with E-state index in [4.69, 9.17) is 9.47 Å². The standard InChI is InChI=1S/C13H28N2O2/c1-15(10-12-16-2)9-8-14-7-3-5-13-6-4-11-17-13/h13-14H,3-12H2,1-2H3. The Balaban J connectivity index is 1.80. The number of hydrogen-bond acceptors (Lipinski definition) is 4. The van der Waals surface area contributed by atoms with Crippen LogP contribution in [-0.2, 0) is 9.47 Å². The van der Waals surface area contributed by atoms with E-state index in [1.807, 2.05) is 0 Å². The highest BCUT2D eigenvalue weighted by molar-refractivity contribution is 4.65. The van der Waals surface area contributed by atoms with Crippen LogP contribution in [0.4, 0.5) is 0 Å². The summed E-state index contributed by atoms with van der Waals surface area (Å²) in [7, 11) is 3.88. The minimum absolute atomic E-state index is 0.543. The highest BCUT2D eigenvalue weighted by Gasteiger charge is 2.14. The molecular formula is C13H28N2O2. The first kappa shape index (κ1) is 14.9. The van der Waals surface area contributed by atoms with Crippen LogP contribution in [0.15, 0.2) is 0 Å². The summed E-state index contributed by atoms with van der Waals surface area (Å²) in [5.41, 5.74) is 0. The third-order valence-corrected chi connectivity index (χ3v) is 3.25. The maximum absolute atomic E-state index is 5.59. The SMILES string of the molecule is COCCN(C)CCNCCCC1CCCO1. The molecule has 102 valence electrons. The van der Waals surface area contributed by atoms with Gasteiger partial charge in [0.25, 0.3) is 0 Å². The minimum Gasteiger partial charge on any atom is -0.383 e. The molecule has 0 radical (unpaired) electrons. The molecule has 4 heteroatoms. The summed E-state index contributed by atoms with van der Waals surface area (Å²) in [6, 6.07) is 0. The largest absolute Gasteiger partial charge is 0.383 e. The van der Waals surface area contributed by atoms with E-state index in [2.05, 4.69) is 17.3 Å². The number of rotatable bonds is 10. The molecule has 0 aliphatic carbocycles. The van der Waals surface area contributed by atoms with Gasteiger partial charge in [-0.15, -0.1) is 0 Å². The molecule has 0 amide bonds. The first-order valence-electron chi connectivity index (χ1n) is 6.82. The Bertz CT molecular complexity index is 173. The van der Waals surface area contributed by atoms with Crippen LogP contribution in [0.3, 0.4) is 0 Å². The molecule has 1 aliphatic heterocycles. The Hall–Kier alpha value is -0.160. The van der Waals surface area contributed by atoms with Crippen molar-refractivity contribution in [1.82, 2.24) is 10.2 Å². The molecule has 0 spiro atoms. The van der Waals surface area contributed by atoms with Gasteiger partial charge in [0.2, 0.25) is 0 Å². The minimum atomic E-state index is 0.543. The fraction of sp³-hybridized carbons (Fsp3) is 1.00. The summed E-state index contributed by atoms with van der Waals surface area (Å²) < 4.78 is 10.6. The number of nitrogens with one attached hydrogen (secondary N) is 1. The van der Waals surface area contributed by atoms with Crippen LogP contribution in [0.5, 0.6) is 0 Å². The fourth-order valence-corrected chi connectivity index (χ4v) is 2.08. The van der Waals surface area contributed by atoms with E-state index < -0.39 is 0 Å². The van der Waals surface area contributed by atoms with Crippen LogP contribution < -0.4 is 5.32 Å². The third-order valence-electron chi connectivity index (χ3n) is 3.25. The Morgan fingerprint density at radius 2 is 2.24 bits per heavy atom. The van der Waals surface area contributed by atoms with Crippen molar-refractivity contribution < 1.29 is 9.47 Å². The van der Waals surface area contributed by atoms with Crippen molar-refractivity contribution >= 4 is 0 Å². The average Bonchev–Trinajstić information content (AvgIpc) is 2.84. The first-order valence-corrected chi connectivity index (χ1v) is 6.82. The molecule has 17 heavy (non-hydrogen) atoms. The second-order valence-corrected chi connectivity index (χ2v) is 4.82.